The van der Waals surface area contributed by atoms with E-state index in [1.165, 1.54) is 11.3 Å². The average Bonchev–Trinajstić information content (AvgIpc) is 3.26. The minimum atomic E-state index is -0.925. The largest absolute Gasteiger partial charge is 0.464 e. The molecule has 0 spiro atoms. The first-order valence-corrected chi connectivity index (χ1v) is 9.40. The van der Waals surface area contributed by atoms with Gasteiger partial charge in [0.15, 0.2) is 18.2 Å². The molecule has 1 unspecified atom stereocenters. The molecule has 142 valence electrons. The lowest BCUT2D eigenvalue weighted by Crippen LogP contribution is -2.41. The van der Waals surface area contributed by atoms with Gasteiger partial charge in [-0.05, 0) is 27.7 Å². The third-order valence-corrected chi connectivity index (χ3v) is 5.17. The molecule has 0 radical (unpaired) electrons. The maximum absolute atomic E-state index is 12.2. The van der Waals surface area contributed by atoms with Crippen LogP contribution in [0, 0.1) is 17.8 Å². The van der Waals surface area contributed by atoms with Crippen molar-refractivity contribution in [1.82, 2.24) is 4.98 Å². The highest BCUT2D eigenvalue weighted by atomic mass is 32.1. The van der Waals surface area contributed by atoms with E-state index in [-0.39, 0.29) is 13.2 Å². The van der Waals surface area contributed by atoms with E-state index in [0.717, 1.165) is 0 Å². The second kappa shape index (κ2) is 7.25. The van der Waals surface area contributed by atoms with Crippen molar-refractivity contribution < 1.29 is 28.5 Å². The average molecular weight is 381 g/mol. The molecule has 1 aromatic rings. The molecule has 0 amide bonds. The van der Waals surface area contributed by atoms with Crippen LogP contribution in [0.4, 0.5) is 0 Å². The van der Waals surface area contributed by atoms with Gasteiger partial charge >= 0.3 is 5.97 Å². The molecule has 3 rings (SSSR count). The minimum Gasteiger partial charge on any atom is -0.464 e. The zero-order valence-corrected chi connectivity index (χ0v) is 16.1. The first kappa shape index (κ1) is 19.3. The van der Waals surface area contributed by atoms with Crippen molar-refractivity contribution in [3.8, 4) is 12.3 Å². The lowest BCUT2D eigenvalue weighted by atomic mass is 9.81. The van der Waals surface area contributed by atoms with Gasteiger partial charge in [0.05, 0.1) is 29.8 Å². The van der Waals surface area contributed by atoms with Gasteiger partial charge in [0.1, 0.15) is 12.2 Å². The molecular weight excluding hydrogens is 358 g/mol. The van der Waals surface area contributed by atoms with Gasteiger partial charge in [-0.15, -0.1) is 17.8 Å². The van der Waals surface area contributed by atoms with Crippen LogP contribution in [0.5, 0.6) is 0 Å². The van der Waals surface area contributed by atoms with E-state index in [4.69, 9.17) is 30.1 Å². The third kappa shape index (κ3) is 3.50. The summed E-state index contributed by atoms with van der Waals surface area (Å²) in [5, 5.41) is 1.75. The monoisotopic (exact) mass is 381 g/mol. The van der Waals surface area contributed by atoms with E-state index in [1.807, 2.05) is 20.8 Å². The fourth-order valence-electron chi connectivity index (χ4n) is 3.14. The molecule has 7 nitrogen and oxygen atoms in total. The van der Waals surface area contributed by atoms with E-state index in [2.05, 4.69) is 10.9 Å². The molecule has 2 saturated heterocycles. The maximum atomic E-state index is 12.2. The van der Waals surface area contributed by atoms with Crippen molar-refractivity contribution in [2.45, 2.75) is 58.1 Å². The topological polar surface area (TPSA) is 76.1 Å². The van der Waals surface area contributed by atoms with E-state index in [9.17, 15) is 4.79 Å². The Morgan fingerprint density at radius 1 is 1.46 bits per heavy atom. The number of esters is 1. The van der Waals surface area contributed by atoms with Crippen LogP contribution in [0.25, 0.3) is 0 Å². The predicted molar refractivity (Wildman–Crippen MR) is 93.1 cm³/mol. The molecule has 0 N–H and O–H groups in total. The van der Waals surface area contributed by atoms with Gasteiger partial charge in [0, 0.05) is 5.38 Å². The van der Waals surface area contributed by atoms with Gasteiger partial charge in [0.25, 0.3) is 0 Å². The standard InChI is InChI=1S/C18H23NO6S/c1-6-18(5)12(23-16-14(18)24-17(3,4)25-16)8-22-13(15(20)21-7-2)11-9-26-10-19-11/h1,9-10,12-14,16H,7-8H2,2-5H3/t12-,13?,14+,16-,18+/m1/s1. The van der Waals surface area contributed by atoms with Crippen molar-refractivity contribution >= 4 is 17.3 Å². The summed E-state index contributed by atoms with van der Waals surface area (Å²) >= 11 is 1.38. The molecule has 26 heavy (non-hydrogen) atoms. The SMILES string of the molecule is C#C[C@@]1(C)[C@@H](COC(C(=O)OCC)c2cscn2)O[C@@H]2OC(C)(C)O[C@@H]21. The normalized spacial score (nSPS) is 33.4. The summed E-state index contributed by atoms with van der Waals surface area (Å²) in [6.07, 6.45) is 3.40. The first-order valence-electron chi connectivity index (χ1n) is 8.46. The summed E-state index contributed by atoms with van der Waals surface area (Å²) in [7, 11) is 0. The van der Waals surface area contributed by atoms with E-state index in [0.29, 0.717) is 5.69 Å². The molecule has 0 aromatic carbocycles. The van der Waals surface area contributed by atoms with Crippen LogP contribution in [0.2, 0.25) is 0 Å². The van der Waals surface area contributed by atoms with Gasteiger partial charge in [-0.3, -0.25) is 0 Å². The Labute approximate surface area is 156 Å². The van der Waals surface area contributed by atoms with Gasteiger partial charge in [-0.25, -0.2) is 9.78 Å². The Bertz CT molecular complexity index is 684. The number of aromatic nitrogens is 1. The Balaban J connectivity index is 1.72. The highest BCUT2D eigenvalue weighted by Crippen LogP contribution is 2.47. The van der Waals surface area contributed by atoms with Crippen LogP contribution in [0.1, 0.15) is 39.5 Å². The quantitative estimate of drug-likeness (QED) is 0.553. The molecule has 2 aliphatic heterocycles. The van der Waals surface area contributed by atoms with Crippen molar-refractivity contribution in [3.63, 3.8) is 0 Å². The number of hydrogen-bond acceptors (Lipinski definition) is 8. The van der Waals surface area contributed by atoms with Crippen LogP contribution in [-0.4, -0.2) is 48.5 Å². The number of terminal acetylenes is 1. The predicted octanol–water partition coefficient (Wildman–Crippen LogP) is 2.28. The fraction of sp³-hybridized carbons (Fsp3) is 0.667. The van der Waals surface area contributed by atoms with Crippen LogP contribution < -0.4 is 0 Å². The first-order chi connectivity index (χ1) is 12.3. The number of hydrogen-bond donors (Lipinski definition) is 0. The lowest BCUT2D eigenvalue weighted by Gasteiger charge is -2.31. The highest BCUT2D eigenvalue weighted by molar-refractivity contribution is 7.07. The number of carbonyl (C=O) groups excluding carboxylic acids is 1. The minimum absolute atomic E-state index is 0.0852. The summed E-state index contributed by atoms with van der Waals surface area (Å²) in [5.74, 6) is 1.52. The summed E-state index contributed by atoms with van der Waals surface area (Å²) in [6.45, 7) is 7.58. The van der Waals surface area contributed by atoms with Crippen molar-refractivity contribution in [2.24, 2.45) is 5.41 Å². The number of carbonyl (C=O) groups is 1. The van der Waals surface area contributed by atoms with E-state index in [1.54, 1.807) is 17.8 Å². The van der Waals surface area contributed by atoms with Gasteiger partial charge in [-0.2, -0.15) is 0 Å². The van der Waals surface area contributed by atoms with Gasteiger partial charge in [-0.1, -0.05) is 5.92 Å². The third-order valence-electron chi connectivity index (χ3n) is 4.56. The van der Waals surface area contributed by atoms with Crippen LogP contribution >= 0.6 is 11.3 Å². The molecule has 8 heteroatoms. The van der Waals surface area contributed by atoms with Gasteiger partial charge < -0.3 is 23.7 Å². The van der Waals surface area contributed by atoms with E-state index < -0.39 is 41.8 Å². The van der Waals surface area contributed by atoms with Crippen LogP contribution in [-0.2, 0) is 28.5 Å². The molecule has 3 heterocycles. The Morgan fingerprint density at radius 2 is 2.23 bits per heavy atom. The van der Waals surface area contributed by atoms with Crippen molar-refractivity contribution in [1.29, 1.82) is 0 Å². The second-order valence-electron chi connectivity index (χ2n) is 6.86. The molecule has 0 aliphatic carbocycles. The lowest BCUT2D eigenvalue weighted by molar-refractivity contribution is -0.221. The Hall–Kier alpha value is -1.50. The zero-order chi connectivity index (χ0) is 18.9. The summed E-state index contributed by atoms with van der Waals surface area (Å²) < 4.78 is 28.6. The molecule has 1 aromatic heterocycles. The molecular formula is C18H23NO6S. The fourth-order valence-corrected chi connectivity index (χ4v) is 3.70. The van der Waals surface area contributed by atoms with Crippen molar-refractivity contribution in [2.75, 3.05) is 13.2 Å². The Kier molecular flexibility index (Phi) is 5.37. The number of rotatable bonds is 6. The summed E-state index contributed by atoms with van der Waals surface area (Å²) in [5.41, 5.74) is 1.39. The van der Waals surface area contributed by atoms with Gasteiger partial charge in [0.2, 0.25) is 0 Å². The number of ether oxygens (including phenoxy) is 5. The second-order valence-corrected chi connectivity index (χ2v) is 7.57. The smallest absolute Gasteiger partial charge is 0.341 e. The number of nitrogens with zero attached hydrogens (tertiary/aromatic N) is 1. The molecule has 0 saturated carbocycles. The molecule has 0 bridgehead atoms. The zero-order valence-electron chi connectivity index (χ0n) is 15.3. The maximum Gasteiger partial charge on any atom is 0.341 e. The molecule has 5 atom stereocenters. The van der Waals surface area contributed by atoms with E-state index >= 15 is 0 Å². The molecule has 2 fully saturated rings. The molecule has 2 aliphatic rings. The summed E-state index contributed by atoms with van der Waals surface area (Å²) in [4.78, 5) is 16.4. The Morgan fingerprint density at radius 3 is 2.85 bits per heavy atom. The van der Waals surface area contributed by atoms with Crippen molar-refractivity contribution in [3.05, 3.63) is 16.6 Å². The number of fused-ring (bicyclic) bond motifs is 1. The number of thiazole rings is 1. The van der Waals surface area contributed by atoms with Crippen LogP contribution in [0.3, 0.4) is 0 Å². The van der Waals surface area contributed by atoms with Crippen LogP contribution in [0.15, 0.2) is 10.9 Å². The highest BCUT2D eigenvalue weighted by Gasteiger charge is 2.61. The summed E-state index contributed by atoms with van der Waals surface area (Å²) in [6, 6.07) is 0.